The molecule has 0 aromatic heterocycles. The Kier molecular flexibility index (Phi) is 2.00. The van der Waals surface area contributed by atoms with Gasteiger partial charge in [-0.3, -0.25) is 14.5 Å². The van der Waals surface area contributed by atoms with E-state index >= 15 is 0 Å². The Balaban J connectivity index is 2.38. The normalized spacial score (nSPS) is 34.1. The highest BCUT2D eigenvalue weighted by molar-refractivity contribution is 9.09. The maximum Gasteiger partial charge on any atom is 0.229 e. The molecule has 1 heterocycles. The van der Waals surface area contributed by atoms with Gasteiger partial charge in [0, 0.05) is 35.6 Å². The standard InChI is InChI=1S/C13H20BrNO2/c14-7-3-4-8-15-11(16)9-13(10-12(15)17)5-1-2-6-13/h1-10H2/i3D2,4D2,7D2,8D2. The Bertz CT molecular complexity index is 563. The average Bonchev–Trinajstić information content (AvgIpc) is 2.83. The van der Waals surface area contributed by atoms with Crippen LogP contribution < -0.4 is 0 Å². The molecule has 2 rings (SSSR count). The molecule has 2 amide bonds. The van der Waals surface area contributed by atoms with Crippen LogP contribution in [-0.2, 0) is 9.59 Å². The maximum atomic E-state index is 12.5. The lowest BCUT2D eigenvalue weighted by Gasteiger charge is -2.37. The molecule has 1 spiro atoms. The second-order valence-electron chi connectivity index (χ2n) is 4.64. The number of nitrogens with zero attached hydrogens (tertiary/aromatic N) is 1. The van der Waals surface area contributed by atoms with E-state index in [0.717, 1.165) is 12.8 Å². The molecule has 1 saturated carbocycles. The van der Waals surface area contributed by atoms with E-state index in [-0.39, 0.29) is 17.7 Å². The van der Waals surface area contributed by atoms with Crippen molar-refractivity contribution in [2.45, 2.75) is 51.3 Å². The third-order valence-corrected chi connectivity index (χ3v) is 3.69. The lowest BCUT2D eigenvalue weighted by atomic mass is 9.76. The lowest BCUT2D eigenvalue weighted by Crippen LogP contribution is -2.47. The van der Waals surface area contributed by atoms with Crippen LogP contribution in [0, 0.1) is 5.41 Å². The average molecular weight is 310 g/mol. The SMILES string of the molecule is [2H]C([2H])(Br)C([2H])([2H])C([2H])([2H])C([2H])([2H])N1C(=O)CC2(CCCC2)CC1=O. The van der Waals surface area contributed by atoms with Crippen LogP contribution in [0.1, 0.15) is 62.2 Å². The van der Waals surface area contributed by atoms with Crippen molar-refractivity contribution in [1.82, 2.24) is 4.90 Å². The minimum absolute atomic E-state index is 0.0848. The van der Waals surface area contributed by atoms with Gasteiger partial charge in [0.15, 0.2) is 0 Å². The molecular formula is C13H20BrNO2. The Hall–Kier alpha value is -0.380. The fourth-order valence-corrected chi connectivity index (χ4v) is 2.81. The molecule has 0 N–H and O–H groups in total. The molecule has 96 valence electrons. The minimum atomic E-state index is -3.49. The molecule has 1 aliphatic heterocycles. The number of carbonyl (C=O) groups excluding carboxylic acids is 2. The quantitative estimate of drug-likeness (QED) is 0.591. The van der Waals surface area contributed by atoms with Crippen LogP contribution in [0.25, 0.3) is 0 Å². The molecule has 1 aliphatic carbocycles. The first-order chi connectivity index (χ1) is 11.1. The second-order valence-corrected chi connectivity index (χ2v) is 5.04. The Labute approximate surface area is 122 Å². The van der Waals surface area contributed by atoms with Gasteiger partial charge in [-0.25, -0.2) is 0 Å². The highest BCUT2D eigenvalue weighted by Crippen LogP contribution is 2.46. The zero-order chi connectivity index (χ0) is 19.5. The lowest BCUT2D eigenvalue weighted by molar-refractivity contribution is -0.153. The molecule has 0 atom stereocenters. The van der Waals surface area contributed by atoms with Gasteiger partial charge >= 0.3 is 0 Å². The third-order valence-electron chi connectivity index (χ3n) is 3.49. The first kappa shape index (κ1) is 6.18. The van der Waals surface area contributed by atoms with Crippen LogP contribution >= 0.6 is 15.9 Å². The highest BCUT2D eigenvalue weighted by Gasteiger charge is 2.44. The summed E-state index contributed by atoms with van der Waals surface area (Å²) in [5, 5.41) is -2.91. The molecular weight excluding hydrogens is 282 g/mol. The Morgan fingerprint density at radius 2 is 1.76 bits per heavy atom. The van der Waals surface area contributed by atoms with E-state index in [1.807, 2.05) is 0 Å². The van der Waals surface area contributed by atoms with Gasteiger partial charge in [0.05, 0.1) is 0 Å². The van der Waals surface area contributed by atoms with Crippen molar-refractivity contribution >= 4 is 27.7 Å². The number of carbonyl (C=O) groups is 2. The summed E-state index contributed by atoms with van der Waals surface area (Å²) < 4.78 is 62.2. The molecule has 4 heteroatoms. The summed E-state index contributed by atoms with van der Waals surface area (Å²) in [4.78, 5) is 25.2. The topological polar surface area (TPSA) is 37.4 Å². The van der Waals surface area contributed by atoms with Crippen LogP contribution in [0.3, 0.4) is 0 Å². The number of likely N-dealkylation sites (tertiary alicyclic amines) is 1. The molecule has 1 saturated heterocycles. The largest absolute Gasteiger partial charge is 0.283 e. The minimum Gasteiger partial charge on any atom is -0.283 e. The summed E-state index contributed by atoms with van der Waals surface area (Å²) in [6.45, 7) is -3.34. The van der Waals surface area contributed by atoms with Crippen LogP contribution in [-0.4, -0.2) is 28.5 Å². The number of imide groups is 1. The number of halogens is 1. The van der Waals surface area contributed by atoms with E-state index < -0.39 is 41.8 Å². The van der Waals surface area contributed by atoms with Gasteiger partial charge in [-0.05, 0) is 31.0 Å². The predicted octanol–water partition coefficient (Wildman–Crippen LogP) is 2.87. The van der Waals surface area contributed by atoms with E-state index in [4.69, 9.17) is 11.0 Å². The van der Waals surface area contributed by atoms with Gasteiger partial charge in [-0.1, -0.05) is 28.8 Å². The molecule has 17 heavy (non-hydrogen) atoms. The molecule has 2 aliphatic rings. The number of rotatable bonds is 4. The molecule has 0 aromatic carbocycles. The molecule has 0 radical (unpaired) electrons. The van der Waals surface area contributed by atoms with E-state index in [9.17, 15) is 9.59 Å². The third kappa shape index (κ3) is 2.90. The number of piperidine rings is 1. The first-order valence-corrected chi connectivity index (χ1v) is 6.43. The predicted molar refractivity (Wildman–Crippen MR) is 69.9 cm³/mol. The van der Waals surface area contributed by atoms with Crippen molar-refractivity contribution in [1.29, 1.82) is 0 Å². The first-order valence-electron chi connectivity index (χ1n) is 9.64. The summed E-state index contributed by atoms with van der Waals surface area (Å²) >= 11 is 2.39. The number of hydrogen-bond donors (Lipinski definition) is 0. The second kappa shape index (κ2) is 5.51. The number of alkyl halides is 1. The van der Waals surface area contributed by atoms with Gasteiger partial charge < -0.3 is 0 Å². The summed E-state index contributed by atoms with van der Waals surface area (Å²) in [6, 6.07) is 0. The van der Waals surface area contributed by atoms with Crippen molar-refractivity contribution < 1.29 is 20.6 Å². The van der Waals surface area contributed by atoms with E-state index in [1.54, 1.807) is 0 Å². The van der Waals surface area contributed by atoms with Crippen LogP contribution in [0.5, 0.6) is 0 Å². The van der Waals surface area contributed by atoms with Gasteiger partial charge in [-0.2, -0.15) is 0 Å². The zero-order valence-electron chi connectivity index (χ0n) is 17.4. The Morgan fingerprint density at radius 1 is 1.18 bits per heavy atom. The van der Waals surface area contributed by atoms with Crippen molar-refractivity contribution in [3.05, 3.63) is 0 Å². The molecule has 3 nitrogen and oxygen atoms in total. The Morgan fingerprint density at radius 3 is 2.29 bits per heavy atom. The molecule has 0 bridgehead atoms. The monoisotopic (exact) mass is 309 g/mol. The molecule has 0 aromatic rings. The summed E-state index contributed by atoms with van der Waals surface area (Å²) in [7, 11) is 0. The number of amides is 2. The number of hydrogen-bond acceptors (Lipinski definition) is 2. The van der Waals surface area contributed by atoms with Crippen LogP contribution in [0.2, 0.25) is 0 Å². The molecule has 2 fully saturated rings. The summed E-state index contributed by atoms with van der Waals surface area (Å²) in [5.74, 6) is -1.75. The summed E-state index contributed by atoms with van der Waals surface area (Å²) in [6.07, 6.45) is -3.90. The van der Waals surface area contributed by atoms with Crippen molar-refractivity contribution in [3.63, 3.8) is 0 Å². The summed E-state index contributed by atoms with van der Waals surface area (Å²) in [5.41, 5.74) is -0.503. The highest BCUT2D eigenvalue weighted by atomic mass is 79.9. The van der Waals surface area contributed by atoms with Gasteiger partial charge in [0.2, 0.25) is 11.8 Å². The van der Waals surface area contributed by atoms with E-state index in [0.29, 0.717) is 12.8 Å². The van der Waals surface area contributed by atoms with Gasteiger partial charge in [0.1, 0.15) is 0 Å². The maximum absolute atomic E-state index is 12.5. The molecule has 0 unspecified atom stereocenters. The fraction of sp³-hybridized carbons (Fsp3) is 0.846. The van der Waals surface area contributed by atoms with E-state index in [2.05, 4.69) is 15.9 Å². The van der Waals surface area contributed by atoms with Crippen LogP contribution in [0.4, 0.5) is 0 Å². The van der Waals surface area contributed by atoms with Crippen molar-refractivity contribution in [3.8, 4) is 0 Å². The smallest absolute Gasteiger partial charge is 0.229 e. The van der Waals surface area contributed by atoms with E-state index in [1.165, 1.54) is 0 Å². The van der Waals surface area contributed by atoms with Gasteiger partial charge in [-0.15, -0.1) is 0 Å². The van der Waals surface area contributed by atoms with Crippen LogP contribution in [0.15, 0.2) is 0 Å². The van der Waals surface area contributed by atoms with Gasteiger partial charge in [0.25, 0.3) is 0 Å². The zero-order valence-corrected chi connectivity index (χ0v) is 11.0. The van der Waals surface area contributed by atoms with Crippen molar-refractivity contribution in [2.75, 3.05) is 11.8 Å². The fourth-order valence-electron chi connectivity index (χ4n) is 2.71. The van der Waals surface area contributed by atoms with Crippen molar-refractivity contribution in [2.24, 2.45) is 5.41 Å².